The zero-order valence-electron chi connectivity index (χ0n) is 12.8. The van der Waals surface area contributed by atoms with E-state index in [4.69, 9.17) is 0 Å². The van der Waals surface area contributed by atoms with Gasteiger partial charge in [-0.15, -0.1) is 0 Å². The summed E-state index contributed by atoms with van der Waals surface area (Å²) in [5, 5.41) is 2.87. The number of amides is 2. The van der Waals surface area contributed by atoms with Crippen LogP contribution in [0.5, 0.6) is 0 Å². The molecule has 2 amide bonds. The second-order valence-corrected chi connectivity index (χ2v) is 6.11. The molecule has 116 valence electrons. The van der Waals surface area contributed by atoms with E-state index in [-0.39, 0.29) is 24.2 Å². The number of fused-ring (bicyclic) bond motifs is 2. The maximum atomic E-state index is 12.8. The Kier molecular flexibility index (Phi) is 3.37. The van der Waals surface area contributed by atoms with Crippen LogP contribution in [0.4, 0.5) is 11.4 Å². The SMILES string of the molecule is O=C1Nc2ccccc2C1CC(=O)N1CCCc2ccccc21. The van der Waals surface area contributed by atoms with Gasteiger partial charge in [0, 0.05) is 24.3 Å². The molecule has 0 aromatic heterocycles. The van der Waals surface area contributed by atoms with Gasteiger partial charge in [0.25, 0.3) is 0 Å². The lowest BCUT2D eigenvalue weighted by Crippen LogP contribution is -2.36. The molecule has 23 heavy (non-hydrogen) atoms. The van der Waals surface area contributed by atoms with Crippen molar-refractivity contribution in [2.45, 2.75) is 25.2 Å². The quantitative estimate of drug-likeness (QED) is 0.927. The second kappa shape index (κ2) is 5.54. The Balaban J connectivity index is 1.59. The van der Waals surface area contributed by atoms with Crippen LogP contribution in [0.3, 0.4) is 0 Å². The number of benzene rings is 2. The van der Waals surface area contributed by atoms with Crippen molar-refractivity contribution >= 4 is 23.2 Å². The number of aryl methyl sites for hydroxylation is 1. The molecule has 2 heterocycles. The van der Waals surface area contributed by atoms with Gasteiger partial charge in [-0.3, -0.25) is 9.59 Å². The van der Waals surface area contributed by atoms with Crippen molar-refractivity contribution in [1.82, 2.24) is 0 Å². The molecule has 2 aromatic carbocycles. The van der Waals surface area contributed by atoms with Crippen LogP contribution in [0.15, 0.2) is 48.5 Å². The first-order valence-corrected chi connectivity index (χ1v) is 8.02. The van der Waals surface area contributed by atoms with Crippen LogP contribution in [-0.2, 0) is 16.0 Å². The molecule has 0 spiro atoms. The third kappa shape index (κ3) is 2.40. The number of rotatable bonds is 2. The molecule has 0 radical (unpaired) electrons. The first kappa shape index (κ1) is 14.0. The molecule has 0 bridgehead atoms. The van der Waals surface area contributed by atoms with Gasteiger partial charge in [-0.2, -0.15) is 0 Å². The molecular formula is C19H18N2O2. The van der Waals surface area contributed by atoms with Crippen LogP contribution in [0.1, 0.15) is 29.9 Å². The standard InChI is InChI=1S/C19H18N2O2/c22-18(21-11-5-7-13-6-1-4-10-17(13)21)12-15-14-8-2-3-9-16(14)20-19(15)23/h1-4,6,8-10,15H,5,7,11-12H2,(H,20,23). The largest absolute Gasteiger partial charge is 0.325 e. The van der Waals surface area contributed by atoms with Crippen molar-refractivity contribution in [1.29, 1.82) is 0 Å². The normalized spacial score (nSPS) is 19.0. The summed E-state index contributed by atoms with van der Waals surface area (Å²) in [4.78, 5) is 26.9. The van der Waals surface area contributed by atoms with E-state index >= 15 is 0 Å². The fourth-order valence-electron chi connectivity index (χ4n) is 3.56. The van der Waals surface area contributed by atoms with Gasteiger partial charge in [0.15, 0.2) is 0 Å². The molecule has 2 aliphatic rings. The summed E-state index contributed by atoms with van der Waals surface area (Å²) in [6, 6.07) is 15.6. The molecule has 2 aromatic rings. The lowest BCUT2D eigenvalue weighted by atomic mass is 9.95. The van der Waals surface area contributed by atoms with Gasteiger partial charge in [-0.1, -0.05) is 36.4 Å². The van der Waals surface area contributed by atoms with Crippen LogP contribution in [0.2, 0.25) is 0 Å². The molecule has 1 atom stereocenters. The van der Waals surface area contributed by atoms with E-state index in [1.165, 1.54) is 5.56 Å². The summed E-state index contributed by atoms with van der Waals surface area (Å²) >= 11 is 0. The number of carbonyl (C=O) groups is 2. The Bertz CT molecular complexity index is 784. The molecule has 0 saturated heterocycles. The Hall–Kier alpha value is -2.62. The fourth-order valence-corrected chi connectivity index (χ4v) is 3.56. The maximum Gasteiger partial charge on any atom is 0.232 e. The summed E-state index contributed by atoms with van der Waals surface area (Å²) < 4.78 is 0. The van der Waals surface area contributed by atoms with Gasteiger partial charge in [-0.25, -0.2) is 0 Å². The molecule has 4 heteroatoms. The third-order valence-corrected chi connectivity index (χ3v) is 4.70. The van der Waals surface area contributed by atoms with E-state index < -0.39 is 0 Å². The highest BCUT2D eigenvalue weighted by molar-refractivity contribution is 6.06. The summed E-state index contributed by atoms with van der Waals surface area (Å²) in [7, 11) is 0. The fraction of sp³-hybridized carbons (Fsp3) is 0.263. The molecule has 4 rings (SSSR count). The van der Waals surface area contributed by atoms with Crippen LogP contribution < -0.4 is 10.2 Å². The summed E-state index contributed by atoms with van der Waals surface area (Å²) in [6.07, 6.45) is 2.19. The smallest absolute Gasteiger partial charge is 0.232 e. The van der Waals surface area contributed by atoms with Gasteiger partial charge in [0.05, 0.1) is 5.92 Å². The Morgan fingerprint density at radius 2 is 1.91 bits per heavy atom. The van der Waals surface area contributed by atoms with E-state index in [2.05, 4.69) is 11.4 Å². The molecule has 1 N–H and O–H groups in total. The lowest BCUT2D eigenvalue weighted by Gasteiger charge is -2.30. The van der Waals surface area contributed by atoms with Crippen LogP contribution in [0, 0.1) is 0 Å². The van der Waals surface area contributed by atoms with Crippen molar-refractivity contribution < 1.29 is 9.59 Å². The first-order valence-electron chi connectivity index (χ1n) is 8.02. The minimum atomic E-state index is -0.382. The second-order valence-electron chi connectivity index (χ2n) is 6.11. The van der Waals surface area contributed by atoms with Crippen LogP contribution >= 0.6 is 0 Å². The molecule has 0 saturated carbocycles. The molecule has 0 aliphatic carbocycles. The van der Waals surface area contributed by atoms with E-state index in [0.29, 0.717) is 0 Å². The zero-order chi connectivity index (χ0) is 15.8. The average Bonchev–Trinajstić information content (AvgIpc) is 2.90. The number of anilines is 2. The van der Waals surface area contributed by atoms with E-state index in [1.54, 1.807) is 0 Å². The Morgan fingerprint density at radius 1 is 1.13 bits per heavy atom. The summed E-state index contributed by atoms with van der Waals surface area (Å²) in [5.74, 6) is -0.438. The number of para-hydroxylation sites is 2. The molecule has 1 unspecified atom stereocenters. The van der Waals surface area contributed by atoms with Crippen LogP contribution in [-0.4, -0.2) is 18.4 Å². The number of nitrogens with zero attached hydrogens (tertiary/aromatic N) is 1. The van der Waals surface area contributed by atoms with Gasteiger partial charge in [-0.05, 0) is 36.1 Å². The lowest BCUT2D eigenvalue weighted by molar-refractivity contribution is -0.123. The van der Waals surface area contributed by atoms with E-state index in [9.17, 15) is 9.59 Å². The van der Waals surface area contributed by atoms with Crippen molar-refractivity contribution in [2.24, 2.45) is 0 Å². The van der Waals surface area contributed by atoms with Crippen molar-refractivity contribution in [3.8, 4) is 0 Å². The highest BCUT2D eigenvalue weighted by Crippen LogP contribution is 2.36. The maximum absolute atomic E-state index is 12.8. The Morgan fingerprint density at radius 3 is 2.83 bits per heavy atom. The van der Waals surface area contributed by atoms with Gasteiger partial charge in [0.2, 0.25) is 11.8 Å². The minimum absolute atomic E-state index is 0.0222. The molecular weight excluding hydrogens is 288 g/mol. The number of nitrogens with one attached hydrogen (secondary N) is 1. The van der Waals surface area contributed by atoms with Crippen LogP contribution in [0.25, 0.3) is 0 Å². The number of hydrogen-bond acceptors (Lipinski definition) is 2. The molecule has 2 aliphatic heterocycles. The third-order valence-electron chi connectivity index (χ3n) is 4.70. The van der Waals surface area contributed by atoms with Crippen molar-refractivity contribution in [2.75, 3.05) is 16.8 Å². The van der Waals surface area contributed by atoms with Crippen molar-refractivity contribution in [3.63, 3.8) is 0 Å². The molecule has 0 fully saturated rings. The van der Waals surface area contributed by atoms with Gasteiger partial charge < -0.3 is 10.2 Å². The highest BCUT2D eigenvalue weighted by atomic mass is 16.2. The van der Waals surface area contributed by atoms with Crippen molar-refractivity contribution in [3.05, 3.63) is 59.7 Å². The van der Waals surface area contributed by atoms with E-state index in [0.717, 1.165) is 36.3 Å². The number of hydrogen-bond donors (Lipinski definition) is 1. The predicted molar refractivity (Wildman–Crippen MR) is 89.5 cm³/mol. The summed E-state index contributed by atoms with van der Waals surface area (Å²) in [6.45, 7) is 0.728. The van der Waals surface area contributed by atoms with E-state index in [1.807, 2.05) is 47.4 Å². The summed E-state index contributed by atoms with van der Waals surface area (Å²) in [5.41, 5.74) is 3.96. The van der Waals surface area contributed by atoms with Gasteiger partial charge >= 0.3 is 0 Å². The highest BCUT2D eigenvalue weighted by Gasteiger charge is 2.34. The monoisotopic (exact) mass is 306 g/mol. The van der Waals surface area contributed by atoms with Gasteiger partial charge in [0.1, 0.15) is 0 Å². The molecule has 4 nitrogen and oxygen atoms in total. The average molecular weight is 306 g/mol. The predicted octanol–water partition coefficient (Wildman–Crippen LogP) is 3.09. The first-order chi connectivity index (χ1) is 11.2. The topological polar surface area (TPSA) is 49.4 Å². The zero-order valence-corrected chi connectivity index (χ0v) is 12.8. The Labute approximate surface area is 135 Å². The number of carbonyl (C=O) groups excluding carboxylic acids is 2. The minimum Gasteiger partial charge on any atom is -0.325 e.